The number of carbonyl (C=O) groups is 1. The minimum absolute atomic E-state index is 0.0197. The van der Waals surface area contributed by atoms with Gasteiger partial charge in [-0.2, -0.15) is 0 Å². The third kappa shape index (κ3) is 3.61. The molecule has 1 fully saturated rings. The van der Waals surface area contributed by atoms with Crippen LogP contribution in [-0.2, 0) is 11.3 Å². The van der Waals surface area contributed by atoms with E-state index in [4.69, 9.17) is 10.3 Å². The Labute approximate surface area is 177 Å². The summed E-state index contributed by atoms with van der Waals surface area (Å²) < 4.78 is 19.2. The summed E-state index contributed by atoms with van der Waals surface area (Å²) in [5, 5.41) is 5.78. The summed E-state index contributed by atoms with van der Waals surface area (Å²) in [6.45, 7) is 0.873. The van der Waals surface area contributed by atoms with Crippen LogP contribution in [0.15, 0.2) is 53.4 Å². The topological polar surface area (TPSA) is 113 Å². The lowest BCUT2D eigenvalue weighted by Crippen LogP contribution is -2.34. The van der Waals surface area contributed by atoms with Crippen LogP contribution in [0.3, 0.4) is 0 Å². The highest BCUT2D eigenvalue weighted by Crippen LogP contribution is 2.32. The van der Waals surface area contributed by atoms with Crippen LogP contribution in [0.4, 0.5) is 15.9 Å². The Morgan fingerprint density at radius 2 is 2.16 bits per heavy atom. The number of nitrogens with one attached hydrogen (secondary N) is 1. The Balaban J connectivity index is 1.44. The van der Waals surface area contributed by atoms with Gasteiger partial charge in [0.05, 0.1) is 18.4 Å². The number of hydrogen-bond acceptors (Lipinski definition) is 8. The van der Waals surface area contributed by atoms with Crippen LogP contribution in [-0.4, -0.2) is 32.6 Å². The molecule has 2 aliphatic rings. The molecule has 0 bridgehead atoms. The van der Waals surface area contributed by atoms with Gasteiger partial charge >= 0.3 is 0 Å². The van der Waals surface area contributed by atoms with Gasteiger partial charge < -0.3 is 20.2 Å². The molecule has 158 valence electrons. The van der Waals surface area contributed by atoms with Gasteiger partial charge in [-0.05, 0) is 18.6 Å². The average Bonchev–Trinajstić information content (AvgIpc) is 3.51. The Kier molecular flexibility index (Phi) is 4.83. The SMILES string of the molecule is Nc1nc(C2C=C(c3ccon3)N(Cc3ccccc3F)N2)ncc1N1CCCC1=O. The van der Waals surface area contributed by atoms with Crippen molar-refractivity contribution < 1.29 is 13.7 Å². The highest BCUT2D eigenvalue weighted by atomic mass is 19.1. The highest BCUT2D eigenvalue weighted by molar-refractivity contribution is 5.97. The van der Waals surface area contributed by atoms with E-state index in [1.165, 1.54) is 12.3 Å². The van der Waals surface area contributed by atoms with Gasteiger partial charge in [0, 0.05) is 24.6 Å². The van der Waals surface area contributed by atoms with Crippen molar-refractivity contribution in [2.24, 2.45) is 0 Å². The van der Waals surface area contributed by atoms with Crippen LogP contribution in [0.25, 0.3) is 5.70 Å². The van der Waals surface area contributed by atoms with Gasteiger partial charge in [-0.15, -0.1) is 0 Å². The van der Waals surface area contributed by atoms with E-state index >= 15 is 0 Å². The lowest BCUT2D eigenvalue weighted by molar-refractivity contribution is -0.117. The number of nitrogens with two attached hydrogens (primary N) is 1. The third-order valence-electron chi connectivity index (χ3n) is 5.36. The first-order valence-corrected chi connectivity index (χ1v) is 9.92. The summed E-state index contributed by atoms with van der Waals surface area (Å²) in [7, 11) is 0. The number of hydrazine groups is 1. The maximum atomic E-state index is 14.2. The van der Waals surface area contributed by atoms with E-state index in [0.29, 0.717) is 41.4 Å². The number of hydrogen-bond donors (Lipinski definition) is 2. The first kappa shape index (κ1) is 19.2. The van der Waals surface area contributed by atoms with Gasteiger partial charge in [0.15, 0.2) is 11.6 Å². The van der Waals surface area contributed by atoms with E-state index in [2.05, 4.69) is 20.6 Å². The van der Waals surface area contributed by atoms with Crippen molar-refractivity contribution in [2.75, 3.05) is 17.2 Å². The van der Waals surface area contributed by atoms with E-state index in [9.17, 15) is 9.18 Å². The van der Waals surface area contributed by atoms with Gasteiger partial charge in [-0.1, -0.05) is 23.4 Å². The number of nitrogen functional groups attached to an aromatic ring is 1. The Bertz CT molecular complexity index is 1150. The molecule has 1 aromatic carbocycles. The Morgan fingerprint density at radius 3 is 2.87 bits per heavy atom. The van der Waals surface area contributed by atoms with Gasteiger partial charge in [0.1, 0.15) is 29.5 Å². The molecule has 4 heterocycles. The second-order valence-corrected chi connectivity index (χ2v) is 7.37. The molecule has 10 heteroatoms. The molecule has 1 amide bonds. The summed E-state index contributed by atoms with van der Waals surface area (Å²) in [6, 6.07) is 7.89. The molecule has 0 radical (unpaired) electrons. The summed E-state index contributed by atoms with van der Waals surface area (Å²) >= 11 is 0. The van der Waals surface area contributed by atoms with Crippen molar-refractivity contribution in [1.82, 2.24) is 25.6 Å². The largest absolute Gasteiger partial charge is 0.382 e. The molecule has 3 aromatic rings. The molecule has 5 rings (SSSR count). The maximum absolute atomic E-state index is 14.2. The zero-order chi connectivity index (χ0) is 21.4. The van der Waals surface area contributed by atoms with E-state index in [0.717, 1.165) is 6.42 Å². The minimum atomic E-state index is -0.413. The van der Waals surface area contributed by atoms with Gasteiger partial charge in [-0.3, -0.25) is 4.79 Å². The summed E-state index contributed by atoms with van der Waals surface area (Å²) in [4.78, 5) is 22.5. The molecule has 1 atom stereocenters. The van der Waals surface area contributed by atoms with Crippen LogP contribution in [0, 0.1) is 5.82 Å². The second kappa shape index (κ2) is 7.80. The fourth-order valence-electron chi connectivity index (χ4n) is 3.81. The molecule has 9 nitrogen and oxygen atoms in total. The number of carbonyl (C=O) groups excluding carboxylic acids is 1. The third-order valence-corrected chi connectivity index (χ3v) is 5.36. The normalized spacial score (nSPS) is 18.7. The first-order chi connectivity index (χ1) is 15.1. The molecule has 0 saturated carbocycles. The van der Waals surface area contributed by atoms with Crippen LogP contribution >= 0.6 is 0 Å². The molecule has 1 saturated heterocycles. The van der Waals surface area contributed by atoms with Crippen LogP contribution in [0.2, 0.25) is 0 Å². The van der Waals surface area contributed by atoms with Crippen LogP contribution in [0.5, 0.6) is 0 Å². The highest BCUT2D eigenvalue weighted by Gasteiger charge is 2.30. The number of amides is 1. The quantitative estimate of drug-likeness (QED) is 0.646. The molecule has 0 aliphatic carbocycles. The monoisotopic (exact) mass is 421 g/mol. The van der Waals surface area contributed by atoms with Crippen molar-refractivity contribution in [2.45, 2.75) is 25.4 Å². The Morgan fingerprint density at radius 1 is 1.29 bits per heavy atom. The van der Waals surface area contributed by atoms with Gasteiger partial charge in [0.25, 0.3) is 0 Å². The maximum Gasteiger partial charge on any atom is 0.227 e. The number of rotatable bonds is 5. The fraction of sp³-hybridized carbons (Fsp3) is 0.238. The first-order valence-electron chi connectivity index (χ1n) is 9.92. The summed E-state index contributed by atoms with van der Waals surface area (Å²) in [6.07, 6.45) is 6.22. The molecular weight excluding hydrogens is 401 g/mol. The lowest BCUT2D eigenvalue weighted by Gasteiger charge is -2.23. The lowest BCUT2D eigenvalue weighted by atomic mass is 10.2. The zero-order valence-electron chi connectivity index (χ0n) is 16.5. The van der Waals surface area contributed by atoms with Crippen LogP contribution < -0.4 is 16.1 Å². The van der Waals surface area contributed by atoms with Crippen molar-refractivity contribution >= 4 is 23.1 Å². The van der Waals surface area contributed by atoms with Crippen molar-refractivity contribution in [1.29, 1.82) is 0 Å². The smallest absolute Gasteiger partial charge is 0.227 e. The van der Waals surface area contributed by atoms with E-state index in [-0.39, 0.29) is 24.1 Å². The Hall–Kier alpha value is -3.79. The van der Waals surface area contributed by atoms with E-state index in [1.54, 1.807) is 40.4 Å². The standard InChI is InChI=1S/C21H20FN7O2/c22-14-5-2-1-4-13(14)12-29-17(15-7-9-31-27-15)10-16(26-29)21-24-11-18(20(23)25-21)28-8-3-6-19(28)30/h1-2,4-5,7,9-11,16,26H,3,6,8,12H2,(H2,23,24,25). The van der Waals surface area contributed by atoms with E-state index < -0.39 is 6.04 Å². The van der Waals surface area contributed by atoms with Crippen LogP contribution in [0.1, 0.15) is 36.0 Å². The van der Waals surface area contributed by atoms with Crippen molar-refractivity contribution in [3.63, 3.8) is 0 Å². The van der Waals surface area contributed by atoms with Crippen molar-refractivity contribution in [3.05, 3.63) is 71.8 Å². The minimum Gasteiger partial charge on any atom is -0.382 e. The fourth-order valence-corrected chi connectivity index (χ4v) is 3.81. The molecular formula is C21H20FN7O2. The molecule has 1 unspecified atom stereocenters. The molecule has 2 aliphatic heterocycles. The van der Waals surface area contributed by atoms with Gasteiger partial charge in [-0.25, -0.2) is 19.8 Å². The number of anilines is 2. The predicted octanol–water partition coefficient (Wildman–Crippen LogP) is 2.42. The summed E-state index contributed by atoms with van der Waals surface area (Å²) in [5.74, 6) is 0.398. The zero-order valence-corrected chi connectivity index (χ0v) is 16.5. The number of aromatic nitrogens is 3. The predicted molar refractivity (Wildman–Crippen MR) is 110 cm³/mol. The molecule has 0 spiro atoms. The number of nitrogens with zero attached hydrogens (tertiary/aromatic N) is 5. The van der Waals surface area contributed by atoms with E-state index in [1.807, 2.05) is 6.08 Å². The molecule has 2 aromatic heterocycles. The van der Waals surface area contributed by atoms with Crippen molar-refractivity contribution in [3.8, 4) is 0 Å². The van der Waals surface area contributed by atoms with Gasteiger partial charge in [0.2, 0.25) is 5.91 Å². The number of benzene rings is 1. The molecule has 3 N–H and O–H groups in total. The average molecular weight is 421 g/mol. The molecule has 31 heavy (non-hydrogen) atoms. The second-order valence-electron chi connectivity index (χ2n) is 7.37. The number of halogens is 1. The summed E-state index contributed by atoms with van der Waals surface area (Å²) in [5.41, 5.74) is 11.8.